The Balaban J connectivity index is 2.81. The van der Waals surface area contributed by atoms with Crippen LogP contribution < -0.4 is 0 Å². The van der Waals surface area contributed by atoms with Crippen LogP contribution in [-0.4, -0.2) is 23.1 Å². The van der Waals surface area contributed by atoms with E-state index < -0.39 is 23.0 Å². The zero-order chi connectivity index (χ0) is 15.6. The van der Waals surface area contributed by atoms with Crippen LogP contribution in [0.2, 0.25) is 0 Å². The number of hydrogen-bond donors (Lipinski definition) is 0. The van der Waals surface area contributed by atoms with Crippen molar-refractivity contribution in [1.29, 1.82) is 0 Å². The Kier molecular flexibility index (Phi) is 5.00. The van der Waals surface area contributed by atoms with Gasteiger partial charge in [0.05, 0.1) is 11.8 Å². The topological polar surface area (TPSA) is 52.6 Å². The van der Waals surface area contributed by atoms with Crippen molar-refractivity contribution in [2.45, 2.75) is 65.6 Å². The molecule has 0 aliphatic heterocycles. The third-order valence-electron chi connectivity index (χ3n) is 2.81. The van der Waals surface area contributed by atoms with Crippen molar-refractivity contribution in [1.82, 2.24) is 0 Å². The second kappa shape index (κ2) is 5.98. The van der Waals surface area contributed by atoms with Gasteiger partial charge in [-0.3, -0.25) is 9.59 Å². The minimum atomic E-state index is -0.555. The fourth-order valence-electron chi connectivity index (χ4n) is 2.09. The van der Waals surface area contributed by atoms with Crippen molar-refractivity contribution in [3.63, 3.8) is 0 Å². The van der Waals surface area contributed by atoms with Crippen molar-refractivity contribution in [2.24, 2.45) is 11.8 Å². The molecule has 0 saturated carbocycles. The number of carbonyl (C=O) groups is 2. The normalized spacial score (nSPS) is 23.3. The summed E-state index contributed by atoms with van der Waals surface area (Å²) in [5.41, 5.74) is -1.10. The van der Waals surface area contributed by atoms with E-state index in [2.05, 4.69) is 0 Å². The highest BCUT2D eigenvalue weighted by molar-refractivity contribution is 5.84. The number of hydrogen-bond acceptors (Lipinski definition) is 4. The molecule has 0 fully saturated rings. The van der Waals surface area contributed by atoms with Crippen LogP contribution in [0.5, 0.6) is 0 Å². The average molecular weight is 282 g/mol. The summed E-state index contributed by atoms with van der Waals surface area (Å²) in [7, 11) is 0. The lowest BCUT2D eigenvalue weighted by atomic mass is 9.83. The predicted molar refractivity (Wildman–Crippen MR) is 77.0 cm³/mol. The molecule has 0 bridgehead atoms. The molecule has 1 rings (SSSR count). The molecule has 0 saturated heterocycles. The van der Waals surface area contributed by atoms with Gasteiger partial charge in [0.25, 0.3) is 0 Å². The number of allylic oxidation sites excluding steroid dienone is 1. The van der Waals surface area contributed by atoms with Crippen LogP contribution in [0, 0.1) is 11.8 Å². The zero-order valence-corrected chi connectivity index (χ0v) is 13.4. The SMILES string of the molecule is CC(C)(C)OC(=O)C1C=CCCC1C(=O)OC(C)(C)C. The minimum Gasteiger partial charge on any atom is -0.460 e. The van der Waals surface area contributed by atoms with E-state index in [1.165, 1.54) is 0 Å². The van der Waals surface area contributed by atoms with Gasteiger partial charge in [0.1, 0.15) is 11.2 Å². The van der Waals surface area contributed by atoms with E-state index in [4.69, 9.17) is 9.47 Å². The number of esters is 2. The van der Waals surface area contributed by atoms with Gasteiger partial charge >= 0.3 is 11.9 Å². The van der Waals surface area contributed by atoms with Gasteiger partial charge < -0.3 is 9.47 Å². The fraction of sp³-hybridized carbons (Fsp3) is 0.750. The van der Waals surface area contributed by atoms with E-state index >= 15 is 0 Å². The fourth-order valence-corrected chi connectivity index (χ4v) is 2.09. The summed E-state index contributed by atoms with van der Waals surface area (Å²) < 4.78 is 10.8. The highest BCUT2D eigenvalue weighted by atomic mass is 16.6. The third kappa shape index (κ3) is 5.35. The van der Waals surface area contributed by atoms with Crippen LogP contribution in [0.25, 0.3) is 0 Å². The maximum Gasteiger partial charge on any atom is 0.314 e. The molecule has 0 N–H and O–H groups in total. The zero-order valence-electron chi connectivity index (χ0n) is 13.4. The Morgan fingerprint density at radius 3 is 1.95 bits per heavy atom. The van der Waals surface area contributed by atoms with E-state index in [-0.39, 0.29) is 11.9 Å². The van der Waals surface area contributed by atoms with Gasteiger partial charge in [0.2, 0.25) is 0 Å². The molecule has 0 amide bonds. The molecule has 1 aliphatic rings. The van der Waals surface area contributed by atoms with E-state index in [0.29, 0.717) is 6.42 Å². The average Bonchev–Trinajstić information content (AvgIpc) is 2.24. The Hall–Kier alpha value is -1.32. The van der Waals surface area contributed by atoms with Gasteiger partial charge in [-0.25, -0.2) is 0 Å². The smallest absolute Gasteiger partial charge is 0.314 e. The van der Waals surface area contributed by atoms with Crippen LogP contribution in [0.15, 0.2) is 12.2 Å². The summed E-state index contributed by atoms with van der Waals surface area (Å²) in [4.78, 5) is 24.4. The van der Waals surface area contributed by atoms with Gasteiger partial charge in [-0.2, -0.15) is 0 Å². The van der Waals surface area contributed by atoms with E-state index in [1.807, 2.05) is 47.6 Å². The molecular formula is C16H26O4. The van der Waals surface area contributed by atoms with Crippen LogP contribution >= 0.6 is 0 Å². The third-order valence-corrected chi connectivity index (χ3v) is 2.81. The molecule has 4 nitrogen and oxygen atoms in total. The van der Waals surface area contributed by atoms with E-state index in [1.54, 1.807) is 6.08 Å². The van der Waals surface area contributed by atoms with Gasteiger partial charge in [-0.05, 0) is 54.4 Å². The standard InChI is InChI=1S/C16H26O4/c1-15(2,3)19-13(17)11-9-7-8-10-12(11)14(18)20-16(4,5)6/h7,9,11-12H,8,10H2,1-6H3. The summed E-state index contributed by atoms with van der Waals surface area (Å²) in [6.45, 7) is 10.9. The van der Waals surface area contributed by atoms with Crippen LogP contribution in [0.1, 0.15) is 54.4 Å². The molecule has 20 heavy (non-hydrogen) atoms. The van der Waals surface area contributed by atoms with Gasteiger partial charge in [0, 0.05) is 0 Å². The predicted octanol–water partition coefficient (Wildman–Crippen LogP) is 3.25. The first-order valence-electron chi connectivity index (χ1n) is 7.12. The number of carbonyl (C=O) groups excluding carboxylic acids is 2. The van der Waals surface area contributed by atoms with Gasteiger partial charge in [-0.1, -0.05) is 12.2 Å². The highest BCUT2D eigenvalue weighted by Crippen LogP contribution is 2.29. The largest absolute Gasteiger partial charge is 0.460 e. The molecule has 0 aromatic carbocycles. The first kappa shape index (κ1) is 16.7. The van der Waals surface area contributed by atoms with Crippen molar-refractivity contribution in [3.05, 3.63) is 12.2 Å². The molecular weight excluding hydrogens is 256 g/mol. The molecule has 2 unspecified atom stereocenters. The molecule has 2 atom stereocenters. The molecule has 0 heterocycles. The molecule has 4 heteroatoms. The van der Waals surface area contributed by atoms with Gasteiger partial charge in [-0.15, -0.1) is 0 Å². The van der Waals surface area contributed by atoms with Crippen molar-refractivity contribution in [2.75, 3.05) is 0 Å². The van der Waals surface area contributed by atoms with E-state index in [9.17, 15) is 9.59 Å². The summed E-state index contributed by atoms with van der Waals surface area (Å²) in [6.07, 6.45) is 5.10. The monoisotopic (exact) mass is 282 g/mol. The number of ether oxygens (including phenoxy) is 2. The quantitative estimate of drug-likeness (QED) is 0.576. The first-order chi connectivity index (χ1) is 8.99. The molecule has 1 aliphatic carbocycles. The second-order valence-corrected chi connectivity index (χ2v) is 7.20. The molecule has 0 aromatic rings. The summed E-state index contributed by atoms with van der Waals surface area (Å²) in [5.74, 6) is -1.67. The van der Waals surface area contributed by atoms with Crippen molar-refractivity contribution >= 4 is 11.9 Å². The minimum absolute atomic E-state index is 0.322. The van der Waals surface area contributed by atoms with Gasteiger partial charge in [0.15, 0.2) is 0 Å². The Morgan fingerprint density at radius 1 is 0.950 bits per heavy atom. The Labute approximate surface area is 121 Å². The maximum atomic E-state index is 12.2. The summed E-state index contributed by atoms with van der Waals surface area (Å²) >= 11 is 0. The van der Waals surface area contributed by atoms with E-state index in [0.717, 1.165) is 6.42 Å². The molecule has 0 radical (unpaired) electrons. The lowest BCUT2D eigenvalue weighted by molar-refractivity contribution is -0.171. The lowest BCUT2D eigenvalue weighted by Crippen LogP contribution is -2.38. The highest BCUT2D eigenvalue weighted by Gasteiger charge is 2.38. The number of rotatable bonds is 2. The first-order valence-corrected chi connectivity index (χ1v) is 7.12. The maximum absolute atomic E-state index is 12.2. The van der Waals surface area contributed by atoms with Crippen molar-refractivity contribution in [3.8, 4) is 0 Å². The summed E-state index contributed by atoms with van der Waals surface area (Å²) in [5, 5.41) is 0. The Morgan fingerprint density at radius 2 is 1.45 bits per heavy atom. The molecule has 0 spiro atoms. The Bertz CT molecular complexity index is 396. The van der Waals surface area contributed by atoms with Crippen LogP contribution in [-0.2, 0) is 19.1 Å². The van der Waals surface area contributed by atoms with Crippen LogP contribution in [0.4, 0.5) is 0 Å². The molecule has 114 valence electrons. The second-order valence-electron chi connectivity index (χ2n) is 7.20. The van der Waals surface area contributed by atoms with Crippen molar-refractivity contribution < 1.29 is 19.1 Å². The van der Waals surface area contributed by atoms with Crippen LogP contribution in [0.3, 0.4) is 0 Å². The summed E-state index contributed by atoms with van der Waals surface area (Å²) in [6, 6.07) is 0. The lowest BCUT2D eigenvalue weighted by Gasteiger charge is -2.30. The molecule has 0 aromatic heterocycles.